The standard InChI is InChI=1S/C57H82O14Si/c1-11-12-13-14-15-16-17-20-25-42-30-32-45(33-31-42)36-63-55-53(68-41(4)60)51(67-40(3)59)48(66-39(2)58)46(69-55)37-64-54-52(62-35-44-28-23-19-24-29-44)50(61-34-43-26-21-18-22-27-43)49-47(70-54)38-65-72(71-49,56(5,6)7)57(8,9)10/h18-19,21-24,26-33,46-55H,11-17,20,25,34-38H2,1-10H3/t46-,47-,48-,49+,50+,51+,52-,53-,54+,55-/m1/s1. The Hall–Kier alpha value is -4.03. The first-order chi connectivity index (χ1) is 34.4. The van der Waals surface area contributed by atoms with Crippen molar-refractivity contribution >= 4 is 26.5 Å². The molecule has 0 spiro atoms. The zero-order valence-electron chi connectivity index (χ0n) is 44.5. The quantitative estimate of drug-likeness (QED) is 0.0362. The average Bonchev–Trinajstić information content (AvgIpc) is 3.33. The summed E-state index contributed by atoms with van der Waals surface area (Å²) in [5, 5.41) is -0.676. The molecule has 0 N–H and O–H groups in total. The van der Waals surface area contributed by atoms with Gasteiger partial charge in [0.25, 0.3) is 0 Å². The molecule has 3 saturated heterocycles. The summed E-state index contributed by atoms with van der Waals surface area (Å²) in [5.74, 6) is -2.06. The monoisotopic (exact) mass is 1020 g/mol. The van der Waals surface area contributed by atoms with Gasteiger partial charge < -0.3 is 51.5 Å². The molecule has 0 saturated carbocycles. The summed E-state index contributed by atoms with van der Waals surface area (Å²) in [7, 11) is -3.06. The molecule has 0 aromatic heterocycles. The summed E-state index contributed by atoms with van der Waals surface area (Å²) in [5.41, 5.74) is 3.97. The zero-order valence-corrected chi connectivity index (χ0v) is 45.5. The molecule has 3 aromatic rings. The number of hydrogen-bond donors (Lipinski definition) is 0. The van der Waals surface area contributed by atoms with E-state index < -0.39 is 87.9 Å². The fourth-order valence-electron chi connectivity index (χ4n) is 10.3. The maximum absolute atomic E-state index is 12.9. The minimum Gasteiger partial charge on any atom is -0.456 e. The fraction of sp³-hybridized carbons (Fsp3) is 0.632. The molecule has 10 atom stereocenters. The molecule has 0 bridgehead atoms. The van der Waals surface area contributed by atoms with Crippen LogP contribution in [0.25, 0.3) is 0 Å². The SMILES string of the molecule is CCCCCCCCCCc1ccc(CO[C@@H]2O[C@H](CO[C@H]3O[C@@H]4CO[Si](C(C)(C)C)(C(C)(C)C)O[C@@H]4[C@H](OCc4ccccc4)[C@H]3OCc3ccccc3)[C@@H](OC(C)=O)[C@H](OC(C)=O)[C@H]2OC(C)=O)cc1. The van der Waals surface area contributed by atoms with Crippen molar-refractivity contribution in [1.29, 1.82) is 0 Å². The molecule has 0 amide bonds. The highest BCUT2D eigenvalue weighted by Gasteiger charge is 2.65. The normalized spacial score (nSPS) is 26.3. The van der Waals surface area contributed by atoms with Crippen molar-refractivity contribution in [1.82, 2.24) is 0 Å². The molecule has 3 aliphatic heterocycles. The number of aryl methyl sites for hydroxylation is 1. The Bertz CT molecular complexity index is 2090. The van der Waals surface area contributed by atoms with Crippen molar-refractivity contribution in [2.24, 2.45) is 0 Å². The van der Waals surface area contributed by atoms with Crippen molar-refractivity contribution in [3.63, 3.8) is 0 Å². The summed E-state index contributed by atoms with van der Waals surface area (Å²) < 4.78 is 72.2. The average molecular weight is 1020 g/mol. The molecule has 3 fully saturated rings. The predicted molar refractivity (Wildman–Crippen MR) is 274 cm³/mol. The molecule has 15 heteroatoms. The molecule has 6 rings (SSSR count). The zero-order chi connectivity index (χ0) is 51.9. The Morgan fingerprint density at radius 3 is 1.56 bits per heavy atom. The van der Waals surface area contributed by atoms with Gasteiger partial charge >= 0.3 is 26.5 Å². The van der Waals surface area contributed by atoms with Crippen LogP contribution >= 0.6 is 0 Å². The van der Waals surface area contributed by atoms with Gasteiger partial charge in [0.1, 0.15) is 30.5 Å². The highest BCUT2D eigenvalue weighted by Crippen LogP contribution is 2.55. The number of ether oxygens (including phenoxy) is 9. The Morgan fingerprint density at radius 2 is 1.00 bits per heavy atom. The molecule has 72 heavy (non-hydrogen) atoms. The van der Waals surface area contributed by atoms with Crippen molar-refractivity contribution in [3.05, 3.63) is 107 Å². The van der Waals surface area contributed by atoms with E-state index >= 15 is 0 Å². The van der Waals surface area contributed by atoms with Crippen LogP contribution in [0.1, 0.15) is 143 Å². The Labute approximate surface area is 429 Å². The van der Waals surface area contributed by atoms with E-state index in [4.69, 9.17) is 51.5 Å². The van der Waals surface area contributed by atoms with E-state index in [1.807, 2.05) is 72.8 Å². The first-order valence-corrected chi connectivity index (χ1v) is 28.0. The molecule has 0 aliphatic carbocycles. The van der Waals surface area contributed by atoms with E-state index in [-0.39, 0.29) is 43.1 Å². The van der Waals surface area contributed by atoms with Gasteiger partial charge in [-0.2, -0.15) is 0 Å². The van der Waals surface area contributed by atoms with Crippen molar-refractivity contribution in [2.75, 3.05) is 13.2 Å². The van der Waals surface area contributed by atoms with Crippen LogP contribution < -0.4 is 0 Å². The first-order valence-electron chi connectivity index (χ1n) is 26.2. The second-order valence-electron chi connectivity index (χ2n) is 21.5. The molecule has 3 aromatic carbocycles. The van der Waals surface area contributed by atoms with Crippen LogP contribution in [0.2, 0.25) is 10.1 Å². The topological polar surface area (TPSA) is 153 Å². The fourth-order valence-corrected chi connectivity index (χ4v) is 15.2. The Kier molecular flexibility index (Phi) is 21.4. The highest BCUT2D eigenvalue weighted by atomic mass is 28.4. The van der Waals surface area contributed by atoms with E-state index in [9.17, 15) is 14.4 Å². The third kappa shape index (κ3) is 15.7. The van der Waals surface area contributed by atoms with Crippen LogP contribution in [0.4, 0.5) is 0 Å². The van der Waals surface area contributed by atoms with Gasteiger partial charge in [-0.25, -0.2) is 0 Å². The van der Waals surface area contributed by atoms with Gasteiger partial charge in [0.05, 0.1) is 33.0 Å². The molecular formula is C57H82O14Si. The summed E-state index contributed by atoms with van der Waals surface area (Å²) in [6.07, 6.45) is 0.707. The van der Waals surface area contributed by atoms with Gasteiger partial charge in [0, 0.05) is 30.8 Å². The first kappa shape index (κ1) is 57.2. The summed E-state index contributed by atoms with van der Waals surface area (Å²) in [4.78, 5) is 38.4. The maximum Gasteiger partial charge on any atom is 0.349 e. The number of esters is 3. The molecule has 398 valence electrons. The van der Waals surface area contributed by atoms with E-state index in [2.05, 4.69) is 60.6 Å². The van der Waals surface area contributed by atoms with Crippen LogP contribution in [-0.2, 0) is 92.1 Å². The van der Waals surface area contributed by atoms with Crippen molar-refractivity contribution in [2.45, 2.75) is 218 Å². The summed E-state index contributed by atoms with van der Waals surface area (Å²) >= 11 is 0. The van der Waals surface area contributed by atoms with Crippen LogP contribution in [0.3, 0.4) is 0 Å². The number of rotatable bonds is 24. The molecule has 0 unspecified atom stereocenters. The minimum absolute atomic E-state index is 0.0671. The summed E-state index contributed by atoms with van der Waals surface area (Å²) in [6, 6.07) is 27.9. The van der Waals surface area contributed by atoms with Crippen molar-refractivity contribution in [3.8, 4) is 0 Å². The van der Waals surface area contributed by atoms with Crippen LogP contribution in [0, 0.1) is 0 Å². The number of hydrogen-bond acceptors (Lipinski definition) is 14. The number of benzene rings is 3. The number of unbranched alkanes of at least 4 members (excludes halogenated alkanes) is 7. The lowest BCUT2D eigenvalue weighted by Crippen LogP contribution is -2.72. The number of carbonyl (C=O) groups excluding carboxylic acids is 3. The molecule has 14 nitrogen and oxygen atoms in total. The van der Waals surface area contributed by atoms with E-state index in [0.29, 0.717) is 0 Å². The third-order valence-corrected chi connectivity index (χ3v) is 18.7. The van der Waals surface area contributed by atoms with Crippen LogP contribution in [0.15, 0.2) is 84.9 Å². The van der Waals surface area contributed by atoms with Gasteiger partial charge in [-0.05, 0) is 35.1 Å². The predicted octanol–water partition coefficient (Wildman–Crippen LogP) is 10.8. The Morgan fingerprint density at radius 1 is 0.528 bits per heavy atom. The van der Waals surface area contributed by atoms with Gasteiger partial charge in [-0.3, -0.25) is 14.4 Å². The van der Waals surface area contributed by atoms with E-state index in [1.54, 1.807) is 0 Å². The summed E-state index contributed by atoms with van der Waals surface area (Å²) in [6.45, 7) is 19.3. The second kappa shape index (κ2) is 27.0. The number of carbonyl (C=O) groups is 3. The molecule has 3 aliphatic rings. The second-order valence-corrected chi connectivity index (χ2v) is 26.3. The number of fused-ring (bicyclic) bond motifs is 1. The maximum atomic E-state index is 12.9. The van der Waals surface area contributed by atoms with Crippen molar-refractivity contribution < 1.29 is 65.9 Å². The molecule has 3 heterocycles. The van der Waals surface area contributed by atoms with Gasteiger partial charge in [-0.1, -0.05) is 178 Å². The van der Waals surface area contributed by atoms with Crippen LogP contribution in [-0.4, -0.2) is 101 Å². The molecule has 0 radical (unpaired) electrons. The minimum atomic E-state index is -3.06. The lowest BCUT2D eigenvalue weighted by atomic mass is 9.97. The lowest BCUT2D eigenvalue weighted by molar-refractivity contribution is -0.345. The van der Waals surface area contributed by atoms with E-state index in [1.165, 1.54) is 71.3 Å². The smallest absolute Gasteiger partial charge is 0.349 e. The van der Waals surface area contributed by atoms with Gasteiger partial charge in [-0.15, -0.1) is 0 Å². The lowest BCUT2D eigenvalue weighted by Gasteiger charge is -2.58. The van der Waals surface area contributed by atoms with Gasteiger partial charge in [0.15, 0.2) is 30.9 Å². The molecular weight excluding hydrogens is 937 g/mol. The van der Waals surface area contributed by atoms with Gasteiger partial charge in [0.2, 0.25) is 0 Å². The van der Waals surface area contributed by atoms with E-state index in [0.717, 1.165) is 29.5 Å². The Balaban J connectivity index is 1.27. The largest absolute Gasteiger partial charge is 0.456 e. The van der Waals surface area contributed by atoms with Crippen LogP contribution in [0.5, 0.6) is 0 Å². The highest BCUT2D eigenvalue weighted by molar-refractivity contribution is 6.73. The third-order valence-electron chi connectivity index (χ3n) is 13.6.